The van der Waals surface area contributed by atoms with Crippen molar-refractivity contribution >= 4 is 26.6 Å². The number of H-pyrrole nitrogens is 1. The van der Waals surface area contributed by atoms with Crippen LogP contribution < -0.4 is 10.1 Å². The van der Waals surface area contributed by atoms with Gasteiger partial charge in [0.25, 0.3) is 0 Å². The van der Waals surface area contributed by atoms with Crippen molar-refractivity contribution in [1.82, 2.24) is 10.3 Å². The Kier molecular flexibility index (Phi) is 5.51. The fraction of sp³-hybridized carbons (Fsp3) is 0.318. The molecule has 1 aromatic heterocycles. The van der Waals surface area contributed by atoms with Gasteiger partial charge in [-0.05, 0) is 41.8 Å². The zero-order chi connectivity index (χ0) is 21.3. The third kappa shape index (κ3) is 4.18. The second-order valence-corrected chi connectivity index (χ2v) is 9.83. The number of ether oxygens (including phenoxy) is 1. The smallest absolute Gasteiger partial charge is 0.221 e. The number of halogens is 1. The highest BCUT2D eigenvalue weighted by Crippen LogP contribution is 2.38. The minimum Gasteiger partial charge on any atom is -0.496 e. The van der Waals surface area contributed by atoms with Crippen molar-refractivity contribution in [2.24, 2.45) is 0 Å². The number of carbonyl (C=O) groups is 1. The summed E-state index contributed by atoms with van der Waals surface area (Å²) >= 11 is 0. The van der Waals surface area contributed by atoms with E-state index in [1.807, 2.05) is 24.4 Å². The summed E-state index contributed by atoms with van der Waals surface area (Å²) in [5, 5.41) is 3.67. The number of hydrogen-bond acceptors (Lipinski definition) is 4. The molecule has 2 heterocycles. The minimum absolute atomic E-state index is 0.0374. The van der Waals surface area contributed by atoms with E-state index in [2.05, 4.69) is 10.3 Å². The fourth-order valence-corrected chi connectivity index (χ4v) is 5.81. The molecule has 0 radical (unpaired) electrons. The molecule has 30 heavy (non-hydrogen) atoms. The largest absolute Gasteiger partial charge is 0.496 e. The average molecular weight is 431 g/mol. The number of fused-ring (bicyclic) bond motifs is 1. The van der Waals surface area contributed by atoms with Crippen LogP contribution in [0.25, 0.3) is 10.9 Å². The van der Waals surface area contributed by atoms with Gasteiger partial charge in [0.1, 0.15) is 11.6 Å². The van der Waals surface area contributed by atoms with E-state index < -0.39 is 15.8 Å². The quantitative estimate of drug-likeness (QED) is 0.629. The number of carbonyl (C=O) groups excluding carboxylic acids is 1. The number of aromatic amines is 1. The number of nitrogens with one attached hydrogen (secondary N) is 2. The van der Waals surface area contributed by atoms with Gasteiger partial charge >= 0.3 is 0 Å². The molecule has 1 saturated heterocycles. The Morgan fingerprint density at radius 1 is 1.30 bits per heavy atom. The monoisotopic (exact) mass is 430 g/mol. The first kappa shape index (κ1) is 20.4. The van der Waals surface area contributed by atoms with Gasteiger partial charge in [-0.1, -0.05) is 18.2 Å². The van der Waals surface area contributed by atoms with Crippen LogP contribution in [-0.2, 0) is 14.6 Å². The summed E-state index contributed by atoms with van der Waals surface area (Å²) < 4.78 is 42.9. The molecule has 0 spiro atoms. The van der Waals surface area contributed by atoms with E-state index in [4.69, 9.17) is 4.74 Å². The molecule has 2 N–H and O–H groups in total. The highest BCUT2D eigenvalue weighted by Gasteiger charge is 2.30. The third-order valence-electron chi connectivity index (χ3n) is 5.53. The molecule has 2 atom stereocenters. The standard InChI is InChI=1S/C22H23FN2O4S/c1-29-20-7-3-6-19-22(20)18(12-24-19)17(14-4-2-5-15(23)10-14)11-21(26)25-16-8-9-30(27,28)13-16/h2-7,10,12,16-17,24H,8-9,11,13H2,1H3,(H,25,26)/t16-,17+/m0/s1. The lowest BCUT2D eigenvalue weighted by Gasteiger charge is -2.19. The molecule has 158 valence electrons. The van der Waals surface area contributed by atoms with Crippen molar-refractivity contribution in [3.05, 3.63) is 65.6 Å². The van der Waals surface area contributed by atoms with Crippen molar-refractivity contribution in [2.45, 2.75) is 24.8 Å². The first-order chi connectivity index (χ1) is 14.4. The number of aromatic nitrogens is 1. The van der Waals surface area contributed by atoms with Crippen LogP contribution in [0, 0.1) is 5.82 Å². The van der Waals surface area contributed by atoms with E-state index in [-0.39, 0.29) is 35.7 Å². The molecule has 0 saturated carbocycles. The van der Waals surface area contributed by atoms with Gasteiger partial charge in [0.15, 0.2) is 9.84 Å². The summed E-state index contributed by atoms with van der Waals surface area (Å²) in [6, 6.07) is 11.4. The van der Waals surface area contributed by atoms with Crippen LogP contribution in [-0.4, -0.2) is 44.0 Å². The maximum atomic E-state index is 14.0. The molecule has 1 aliphatic heterocycles. The van der Waals surface area contributed by atoms with E-state index in [0.717, 1.165) is 16.5 Å². The van der Waals surface area contributed by atoms with Crippen LogP contribution in [0.4, 0.5) is 4.39 Å². The zero-order valence-electron chi connectivity index (χ0n) is 16.5. The SMILES string of the molecule is COc1cccc2[nH]cc([C@H](CC(=O)N[C@H]3CCS(=O)(=O)C3)c3cccc(F)c3)c12. The summed E-state index contributed by atoms with van der Waals surface area (Å²) in [6.45, 7) is 0. The molecule has 1 amide bonds. The Labute approximate surface area is 174 Å². The lowest BCUT2D eigenvalue weighted by molar-refractivity contribution is -0.121. The third-order valence-corrected chi connectivity index (χ3v) is 7.30. The first-order valence-corrected chi connectivity index (χ1v) is 11.6. The second-order valence-electron chi connectivity index (χ2n) is 7.61. The Morgan fingerprint density at radius 2 is 2.10 bits per heavy atom. The number of sulfone groups is 1. The molecule has 0 bridgehead atoms. The Bertz CT molecular complexity index is 1190. The van der Waals surface area contributed by atoms with Gasteiger partial charge in [-0.3, -0.25) is 4.79 Å². The highest BCUT2D eigenvalue weighted by molar-refractivity contribution is 7.91. The predicted molar refractivity (Wildman–Crippen MR) is 113 cm³/mol. The zero-order valence-corrected chi connectivity index (χ0v) is 17.3. The molecule has 6 nitrogen and oxygen atoms in total. The van der Waals surface area contributed by atoms with E-state index in [0.29, 0.717) is 17.7 Å². The molecule has 3 aromatic rings. The second kappa shape index (κ2) is 8.10. The number of rotatable bonds is 6. The van der Waals surface area contributed by atoms with Crippen LogP contribution in [0.3, 0.4) is 0 Å². The molecule has 2 aromatic carbocycles. The molecule has 0 unspecified atom stereocenters. The summed E-state index contributed by atoms with van der Waals surface area (Å²) in [7, 11) is -1.51. The minimum atomic E-state index is -3.09. The van der Waals surface area contributed by atoms with Gasteiger partial charge in [-0.15, -0.1) is 0 Å². The number of hydrogen-bond donors (Lipinski definition) is 2. The summed E-state index contributed by atoms with van der Waals surface area (Å²) in [5.74, 6) is -0.367. The molecule has 8 heteroatoms. The molecule has 1 aliphatic rings. The first-order valence-electron chi connectivity index (χ1n) is 9.75. The average Bonchev–Trinajstić information content (AvgIpc) is 3.28. The highest BCUT2D eigenvalue weighted by atomic mass is 32.2. The van der Waals surface area contributed by atoms with Gasteiger partial charge in [-0.25, -0.2) is 12.8 Å². The Hall–Kier alpha value is -2.87. The van der Waals surface area contributed by atoms with Gasteiger partial charge in [0.2, 0.25) is 5.91 Å². The van der Waals surface area contributed by atoms with E-state index >= 15 is 0 Å². The van der Waals surface area contributed by atoms with E-state index in [9.17, 15) is 17.6 Å². The summed E-state index contributed by atoms with van der Waals surface area (Å²) in [6.07, 6.45) is 2.29. The van der Waals surface area contributed by atoms with Crippen molar-refractivity contribution < 1.29 is 22.3 Å². The molecular weight excluding hydrogens is 407 g/mol. The van der Waals surface area contributed by atoms with Crippen LogP contribution in [0.5, 0.6) is 5.75 Å². The van der Waals surface area contributed by atoms with Crippen molar-refractivity contribution in [3.63, 3.8) is 0 Å². The number of benzene rings is 2. The lowest BCUT2D eigenvalue weighted by Crippen LogP contribution is -2.36. The number of amides is 1. The van der Waals surface area contributed by atoms with E-state index in [1.165, 1.54) is 12.1 Å². The van der Waals surface area contributed by atoms with Gasteiger partial charge in [0.05, 0.1) is 18.6 Å². The van der Waals surface area contributed by atoms with Gasteiger partial charge < -0.3 is 15.0 Å². The fourth-order valence-electron chi connectivity index (χ4n) is 4.13. The van der Waals surface area contributed by atoms with E-state index in [1.54, 1.807) is 19.2 Å². The molecule has 1 fully saturated rings. The topological polar surface area (TPSA) is 88.3 Å². The van der Waals surface area contributed by atoms with Crippen molar-refractivity contribution in [2.75, 3.05) is 18.6 Å². The lowest BCUT2D eigenvalue weighted by atomic mass is 9.87. The maximum absolute atomic E-state index is 14.0. The Balaban J connectivity index is 1.69. The predicted octanol–water partition coefficient (Wildman–Crippen LogP) is 3.14. The molecular formula is C22H23FN2O4S. The normalized spacial score (nSPS) is 18.9. The Morgan fingerprint density at radius 3 is 2.80 bits per heavy atom. The maximum Gasteiger partial charge on any atom is 0.221 e. The van der Waals surface area contributed by atoms with Crippen LogP contribution >= 0.6 is 0 Å². The van der Waals surface area contributed by atoms with Crippen LogP contribution in [0.15, 0.2) is 48.7 Å². The van der Waals surface area contributed by atoms with Crippen LogP contribution in [0.1, 0.15) is 29.9 Å². The van der Waals surface area contributed by atoms with Crippen molar-refractivity contribution in [3.8, 4) is 5.75 Å². The summed E-state index contributed by atoms with van der Waals surface area (Å²) in [4.78, 5) is 16.0. The molecule has 4 rings (SSSR count). The van der Waals surface area contributed by atoms with Crippen molar-refractivity contribution in [1.29, 1.82) is 0 Å². The van der Waals surface area contributed by atoms with Gasteiger partial charge in [0, 0.05) is 35.5 Å². The number of methoxy groups -OCH3 is 1. The van der Waals surface area contributed by atoms with Gasteiger partial charge in [-0.2, -0.15) is 0 Å². The van der Waals surface area contributed by atoms with Crippen LogP contribution in [0.2, 0.25) is 0 Å². The molecule has 0 aliphatic carbocycles. The summed E-state index contributed by atoms with van der Waals surface area (Å²) in [5.41, 5.74) is 2.34.